The third-order valence-electron chi connectivity index (χ3n) is 6.13. The van der Waals surface area contributed by atoms with Gasteiger partial charge in [-0.3, -0.25) is 4.98 Å². The van der Waals surface area contributed by atoms with Gasteiger partial charge < -0.3 is 14.8 Å². The number of thiocarbonyl (C=S) groups is 1. The highest BCUT2D eigenvalue weighted by Gasteiger charge is 2.42. The van der Waals surface area contributed by atoms with Gasteiger partial charge in [0.25, 0.3) is 0 Å². The van der Waals surface area contributed by atoms with Gasteiger partial charge in [-0.25, -0.2) is 0 Å². The fraction of sp³-hybridized carbons (Fsp3) is 0.333. The van der Waals surface area contributed by atoms with Crippen LogP contribution in [0.3, 0.4) is 0 Å². The molecule has 2 fully saturated rings. The smallest absolute Gasteiger partial charge is 0.174 e. The van der Waals surface area contributed by atoms with E-state index >= 15 is 0 Å². The van der Waals surface area contributed by atoms with Crippen LogP contribution in [0, 0.1) is 20.8 Å². The van der Waals surface area contributed by atoms with E-state index in [1.165, 1.54) is 35.4 Å². The van der Waals surface area contributed by atoms with E-state index in [0.717, 1.165) is 16.5 Å². The van der Waals surface area contributed by atoms with E-state index < -0.39 is 0 Å². The largest absolute Gasteiger partial charge is 0.351 e. The molecule has 1 saturated carbocycles. The van der Waals surface area contributed by atoms with Crippen molar-refractivity contribution in [2.45, 2.75) is 51.7 Å². The van der Waals surface area contributed by atoms with Gasteiger partial charge in [-0.05, 0) is 87.3 Å². The molecule has 5 rings (SSSR count). The molecule has 148 valence electrons. The molecule has 0 amide bonds. The van der Waals surface area contributed by atoms with Gasteiger partial charge in [0, 0.05) is 29.3 Å². The topological polar surface area (TPSA) is 33.1 Å². The Labute approximate surface area is 177 Å². The van der Waals surface area contributed by atoms with Gasteiger partial charge in [0.15, 0.2) is 5.11 Å². The third kappa shape index (κ3) is 3.14. The second-order valence-electron chi connectivity index (χ2n) is 8.26. The van der Waals surface area contributed by atoms with Crippen molar-refractivity contribution in [2.75, 3.05) is 4.90 Å². The first-order valence-corrected chi connectivity index (χ1v) is 10.7. The van der Waals surface area contributed by atoms with Gasteiger partial charge in [0.2, 0.25) is 0 Å². The highest BCUT2D eigenvalue weighted by atomic mass is 32.1. The molecule has 29 heavy (non-hydrogen) atoms. The molecule has 1 aliphatic carbocycles. The summed E-state index contributed by atoms with van der Waals surface area (Å²) in [6, 6.07) is 17.8. The zero-order chi connectivity index (χ0) is 20.1. The summed E-state index contributed by atoms with van der Waals surface area (Å²) in [4.78, 5) is 6.95. The lowest BCUT2D eigenvalue weighted by molar-refractivity contribution is 0.562. The van der Waals surface area contributed by atoms with Gasteiger partial charge in [0.1, 0.15) is 0 Å². The lowest BCUT2D eigenvalue weighted by Crippen LogP contribution is -2.29. The molecule has 2 aliphatic rings. The maximum Gasteiger partial charge on any atom is 0.174 e. The number of hydrogen-bond acceptors (Lipinski definition) is 2. The third-order valence-corrected chi connectivity index (χ3v) is 6.45. The predicted molar refractivity (Wildman–Crippen MR) is 121 cm³/mol. The van der Waals surface area contributed by atoms with Crippen molar-refractivity contribution in [1.29, 1.82) is 0 Å². The van der Waals surface area contributed by atoms with E-state index in [0.29, 0.717) is 6.04 Å². The van der Waals surface area contributed by atoms with Crippen LogP contribution >= 0.6 is 12.2 Å². The highest BCUT2D eigenvalue weighted by molar-refractivity contribution is 7.80. The van der Waals surface area contributed by atoms with Crippen molar-refractivity contribution in [3.8, 4) is 0 Å². The van der Waals surface area contributed by atoms with E-state index in [2.05, 4.69) is 76.9 Å². The zero-order valence-corrected chi connectivity index (χ0v) is 17.9. The summed E-state index contributed by atoms with van der Waals surface area (Å²) >= 11 is 5.85. The Morgan fingerprint density at radius 1 is 1.03 bits per heavy atom. The molecule has 1 aromatic carbocycles. The summed E-state index contributed by atoms with van der Waals surface area (Å²) in [6.07, 6.45) is 4.42. The molecule has 4 nitrogen and oxygen atoms in total. The fourth-order valence-electron chi connectivity index (χ4n) is 4.72. The van der Waals surface area contributed by atoms with Crippen molar-refractivity contribution in [3.05, 3.63) is 82.9 Å². The quantitative estimate of drug-likeness (QED) is 0.599. The molecule has 2 atom stereocenters. The SMILES string of the molecule is Cc1cccc(N2C(=S)N[C@H](c3ccccn3)[C@H]2c2cc(C)n(C3CC3)c2C)c1. The van der Waals surface area contributed by atoms with Gasteiger partial charge in [-0.1, -0.05) is 18.2 Å². The van der Waals surface area contributed by atoms with Crippen LogP contribution in [0.25, 0.3) is 0 Å². The van der Waals surface area contributed by atoms with E-state index in [4.69, 9.17) is 12.2 Å². The molecule has 0 radical (unpaired) electrons. The van der Waals surface area contributed by atoms with Gasteiger partial charge >= 0.3 is 0 Å². The Hall–Kier alpha value is -2.66. The number of aromatic nitrogens is 2. The van der Waals surface area contributed by atoms with E-state index in [1.807, 2.05) is 18.3 Å². The van der Waals surface area contributed by atoms with E-state index in [1.54, 1.807) is 0 Å². The van der Waals surface area contributed by atoms with E-state index in [9.17, 15) is 0 Å². The molecule has 3 aromatic rings. The van der Waals surface area contributed by atoms with Crippen LogP contribution < -0.4 is 10.2 Å². The molecule has 5 heteroatoms. The maximum absolute atomic E-state index is 5.85. The molecule has 1 saturated heterocycles. The molecule has 0 spiro atoms. The number of pyridine rings is 1. The number of aryl methyl sites for hydroxylation is 2. The second-order valence-corrected chi connectivity index (χ2v) is 8.65. The number of anilines is 1. The van der Waals surface area contributed by atoms with Crippen molar-refractivity contribution in [1.82, 2.24) is 14.9 Å². The lowest BCUT2D eigenvalue weighted by Gasteiger charge is -2.28. The van der Waals surface area contributed by atoms with Gasteiger partial charge in [-0.2, -0.15) is 0 Å². The Kier molecular flexibility index (Phi) is 4.43. The standard InChI is InChI=1S/C24H26N4S/c1-15-7-6-8-19(13-15)28-23(20-14-16(2)27(17(20)3)18-10-11-18)22(26-24(28)29)21-9-4-5-12-25-21/h4-9,12-14,18,22-23H,10-11H2,1-3H3,(H,26,29)/t22-,23-/m1/s1. The number of hydrogen-bond donors (Lipinski definition) is 1. The first kappa shape index (κ1) is 18.4. The number of nitrogens with one attached hydrogen (secondary N) is 1. The Morgan fingerprint density at radius 3 is 2.55 bits per heavy atom. The number of benzene rings is 1. The molecular formula is C24H26N4S. The van der Waals surface area contributed by atoms with Crippen LogP contribution in [0.2, 0.25) is 0 Å². The van der Waals surface area contributed by atoms with Crippen molar-refractivity contribution in [2.24, 2.45) is 0 Å². The van der Waals surface area contributed by atoms with Crippen molar-refractivity contribution < 1.29 is 0 Å². The summed E-state index contributed by atoms with van der Waals surface area (Å²) in [5.41, 5.74) is 7.39. The van der Waals surface area contributed by atoms with Crippen LogP contribution in [0.5, 0.6) is 0 Å². The maximum atomic E-state index is 5.85. The first-order chi connectivity index (χ1) is 14.0. The number of rotatable bonds is 4. The van der Waals surface area contributed by atoms with Crippen LogP contribution in [-0.4, -0.2) is 14.7 Å². The molecule has 0 bridgehead atoms. The summed E-state index contributed by atoms with van der Waals surface area (Å²) in [5.74, 6) is 0. The van der Waals surface area contributed by atoms with E-state index in [-0.39, 0.29) is 12.1 Å². The Morgan fingerprint density at radius 2 is 1.86 bits per heavy atom. The Balaban J connectivity index is 1.67. The molecule has 1 aliphatic heterocycles. The zero-order valence-electron chi connectivity index (χ0n) is 17.1. The minimum atomic E-state index is 0.0114. The monoisotopic (exact) mass is 402 g/mol. The summed E-state index contributed by atoms with van der Waals surface area (Å²) in [6.45, 7) is 6.61. The van der Waals surface area contributed by atoms with Gasteiger partial charge in [0.05, 0.1) is 17.8 Å². The molecule has 1 N–H and O–H groups in total. The van der Waals surface area contributed by atoms with Crippen LogP contribution in [-0.2, 0) is 0 Å². The average molecular weight is 403 g/mol. The van der Waals surface area contributed by atoms with Crippen molar-refractivity contribution >= 4 is 23.0 Å². The summed E-state index contributed by atoms with van der Waals surface area (Å²) < 4.78 is 2.51. The minimum Gasteiger partial charge on any atom is -0.351 e. The predicted octanol–water partition coefficient (Wildman–Crippen LogP) is 5.32. The molecular weight excluding hydrogens is 376 g/mol. The van der Waals surface area contributed by atoms with Crippen molar-refractivity contribution in [3.63, 3.8) is 0 Å². The summed E-state index contributed by atoms with van der Waals surface area (Å²) in [5, 5.41) is 4.33. The molecule has 3 heterocycles. The van der Waals surface area contributed by atoms with Crippen LogP contribution in [0.1, 0.15) is 59.2 Å². The van der Waals surface area contributed by atoms with Gasteiger partial charge in [-0.15, -0.1) is 0 Å². The average Bonchev–Trinajstić information content (AvgIpc) is 3.42. The number of nitrogens with zero attached hydrogens (tertiary/aromatic N) is 3. The Bertz CT molecular complexity index is 1070. The summed E-state index contributed by atoms with van der Waals surface area (Å²) in [7, 11) is 0. The molecule has 2 aromatic heterocycles. The normalized spacial score (nSPS) is 21.5. The minimum absolute atomic E-state index is 0.0114. The lowest BCUT2D eigenvalue weighted by atomic mass is 9.96. The molecule has 0 unspecified atom stereocenters. The first-order valence-electron chi connectivity index (χ1n) is 10.3. The highest BCUT2D eigenvalue weighted by Crippen LogP contribution is 2.46. The van der Waals surface area contributed by atoms with Crippen LogP contribution in [0.15, 0.2) is 54.7 Å². The van der Waals surface area contributed by atoms with Crippen LogP contribution in [0.4, 0.5) is 5.69 Å². The fourth-order valence-corrected chi connectivity index (χ4v) is 5.07. The second kappa shape index (κ2) is 6.99.